The van der Waals surface area contributed by atoms with Crippen molar-refractivity contribution in [3.8, 4) is 5.75 Å². The summed E-state index contributed by atoms with van der Waals surface area (Å²) in [5, 5.41) is 11.3. The minimum absolute atomic E-state index is 0.114. The van der Waals surface area contributed by atoms with Crippen molar-refractivity contribution >= 4 is 17.3 Å². The molecular formula is C17H20ClN2O3+. The van der Waals surface area contributed by atoms with E-state index in [0.717, 1.165) is 28.9 Å². The van der Waals surface area contributed by atoms with Crippen molar-refractivity contribution in [1.82, 2.24) is 0 Å². The van der Waals surface area contributed by atoms with Crippen molar-refractivity contribution in [2.24, 2.45) is 0 Å². The van der Waals surface area contributed by atoms with E-state index < -0.39 is 0 Å². The maximum absolute atomic E-state index is 10.7. The van der Waals surface area contributed by atoms with Crippen molar-refractivity contribution in [2.45, 2.75) is 6.54 Å². The summed E-state index contributed by atoms with van der Waals surface area (Å²) in [5.41, 5.74) is 1.17. The number of benzene rings is 2. The second-order valence-corrected chi connectivity index (χ2v) is 6.48. The molecule has 0 aromatic heterocycles. The van der Waals surface area contributed by atoms with Crippen LogP contribution in [-0.2, 0) is 6.54 Å². The quantitative estimate of drug-likeness (QED) is 0.438. The average Bonchev–Trinajstić information content (AvgIpc) is 2.47. The van der Waals surface area contributed by atoms with E-state index in [9.17, 15) is 10.1 Å². The highest BCUT2D eigenvalue weighted by atomic mass is 35.5. The Morgan fingerprint density at radius 1 is 1.17 bits per heavy atom. The predicted molar refractivity (Wildman–Crippen MR) is 90.7 cm³/mol. The van der Waals surface area contributed by atoms with Gasteiger partial charge in [-0.2, -0.15) is 0 Å². The Balaban J connectivity index is 1.87. The smallest absolute Gasteiger partial charge is 0.269 e. The summed E-state index contributed by atoms with van der Waals surface area (Å²) in [6, 6.07) is 14.0. The predicted octanol–water partition coefficient (Wildman–Crippen LogP) is 3.90. The zero-order chi connectivity index (χ0) is 16.9. The van der Waals surface area contributed by atoms with Gasteiger partial charge in [-0.25, -0.2) is 0 Å². The Kier molecular flexibility index (Phi) is 5.58. The van der Waals surface area contributed by atoms with Crippen molar-refractivity contribution < 1.29 is 14.1 Å². The molecule has 122 valence electrons. The lowest BCUT2D eigenvalue weighted by atomic mass is 10.2. The Labute approximate surface area is 140 Å². The number of halogens is 1. The zero-order valence-corrected chi connectivity index (χ0v) is 14.0. The first-order chi connectivity index (χ1) is 10.9. The van der Waals surface area contributed by atoms with Gasteiger partial charge in [0.05, 0.1) is 19.0 Å². The van der Waals surface area contributed by atoms with Crippen LogP contribution in [0.4, 0.5) is 5.69 Å². The fourth-order valence-corrected chi connectivity index (χ4v) is 2.44. The van der Waals surface area contributed by atoms with Crippen LogP contribution in [0.3, 0.4) is 0 Å². The first kappa shape index (κ1) is 17.2. The number of hydrogen-bond donors (Lipinski definition) is 0. The number of likely N-dealkylation sites (N-methyl/N-ethyl adjacent to an activating group) is 1. The average molecular weight is 336 g/mol. The molecule has 2 rings (SSSR count). The number of rotatable bonds is 7. The summed E-state index contributed by atoms with van der Waals surface area (Å²) in [4.78, 5) is 10.3. The molecule has 2 aromatic rings. The van der Waals surface area contributed by atoms with Crippen LogP contribution in [0.15, 0.2) is 48.5 Å². The van der Waals surface area contributed by atoms with Gasteiger partial charge in [-0.1, -0.05) is 17.7 Å². The maximum Gasteiger partial charge on any atom is 0.269 e. The molecule has 0 atom stereocenters. The van der Waals surface area contributed by atoms with Crippen molar-refractivity contribution in [2.75, 3.05) is 27.2 Å². The van der Waals surface area contributed by atoms with E-state index >= 15 is 0 Å². The monoisotopic (exact) mass is 335 g/mol. The van der Waals surface area contributed by atoms with Crippen LogP contribution in [0.5, 0.6) is 5.75 Å². The molecule has 0 heterocycles. The van der Waals surface area contributed by atoms with Gasteiger partial charge in [-0.3, -0.25) is 10.1 Å². The summed E-state index contributed by atoms with van der Waals surface area (Å²) in [6.45, 7) is 2.15. The van der Waals surface area contributed by atoms with Gasteiger partial charge in [0, 0.05) is 22.7 Å². The topological polar surface area (TPSA) is 52.4 Å². The van der Waals surface area contributed by atoms with Crippen LogP contribution < -0.4 is 4.74 Å². The lowest BCUT2D eigenvalue weighted by molar-refractivity contribution is -0.903. The highest BCUT2D eigenvalue weighted by Crippen LogP contribution is 2.18. The van der Waals surface area contributed by atoms with Crippen LogP contribution in [0.2, 0.25) is 5.02 Å². The van der Waals surface area contributed by atoms with E-state index in [1.807, 2.05) is 18.2 Å². The Hall–Kier alpha value is -2.11. The van der Waals surface area contributed by atoms with Crippen molar-refractivity contribution in [3.05, 3.63) is 69.2 Å². The molecule has 0 N–H and O–H groups in total. The van der Waals surface area contributed by atoms with Crippen molar-refractivity contribution in [1.29, 1.82) is 0 Å². The van der Waals surface area contributed by atoms with Crippen LogP contribution in [0, 0.1) is 10.1 Å². The van der Waals surface area contributed by atoms with Crippen LogP contribution in [0.1, 0.15) is 5.56 Å². The molecule has 0 saturated carbocycles. The van der Waals surface area contributed by atoms with Gasteiger partial charge in [0.25, 0.3) is 5.69 Å². The van der Waals surface area contributed by atoms with E-state index in [2.05, 4.69) is 14.1 Å². The fraction of sp³-hybridized carbons (Fsp3) is 0.294. The first-order valence-corrected chi connectivity index (χ1v) is 7.67. The third kappa shape index (κ3) is 5.54. The lowest BCUT2D eigenvalue weighted by Crippen LogP contribution is -2.41. The Morgan fingerprint density at radius 3 is 2.48 bits per heavy atom. The summed E-state index contributed by atoms with van der Waals surface area (Å²) in [6.07, 6.45) is 0. The molecule has 0 bridgehead atoms. The molecule has 23 heavy (non-hydrogen) atoms. The second kappa shape index (κ2) is 7.44. The molecule has 0 unspecified atom stereocenters. The zero-order valence-electron chi connectivity index (χ0n) is 13.2. The van der Waals surface area contributed by atoms with Gasteiger partial charge in [0.15, 0.2) is 0 Å². The molecule has 0 amide bonds. The highest BCUT2D eigenvalue weighted by Gasteiger charge is 2.17. The molecule has 6 heteroatoms. The Bertz CT molecular complexity index is 672. The third-order valence-corrected chi connectivity index (χ3v) is 3.75. The molecule has 0 aliphatic heterocycles. The van der Waals surface area contributed by atoms with E-state index in [1.165, 1.54) is 12.1 Å². The summed E-state index contributed by atoms with van der Waals surface area (Å²) >= 11 is 5.92. The molecule has 0 radical (unpaired) electrons. The molecule has 0 aliphatic rings. The van der Waals surface area contributed by atoms with E-state index in [0.29, 0.717) is 11.6 Å². The van der Waals surface area contributed by atoms with Gasteiger partial charge < -0.3 is 9.22 Å². The minimum atomic E-state index is -0.386. The molecular weight excluding hydrogens is 316 g/mol. The fourth-order valence-electron chi connectivity index (χ4n) is 2.26. The summed E-state index contributed by atoms with van der Waals surface area (Å²) < 4.78 is 6.44. The van der Waals surface area contributed by atoms with Crippen LogP contribution in [0.25, 0.3) is 0 Å². The maximum atomic E-state index is 10.7. The molecule has 5 nitrogen and oxygen atoms in total. The van der Waals surface area contributed by atoms with Crippen molar-refractivity contribution in [3.63, 3.8) is 0 Å². The van der Waals surface area contributed by atoms with Gasteiger partial charge in [0.2, 0.25) is 0 Å². The number of non-ortho nitro benzene ring substituents is 1. The minimum Gasteiger partial charge on any atom is -0.488 e. The number of quaternary nitrogens is 1. The molecule has 0 fully saturated rings. The number of hydrogen-bond acceptors (Lipinski definition) is 3. The first-order valence-electron chi connectivity index (χ1n) is 7.29. The SMILES string of the molecule is C[N+](C)(CCOc1cccc(Cl)c1)Cc1ccc([N+](=O)[O-])cc1. The van der Waals surface area contributed by atoms with Gasteiger partial charge >= 0.3 is 0 Å². The van der Waals surface area contributed by atoms with Crippen LogP contribution >= 0.6 is 11.6 Å². The van der Waals surface area contributed by atoms with Gasteiger partial charge in [0.1, 0.15) is 25.4 Å². The standard InChI is InChI=1S/C17H20ClN2O3/c1-20(2,10-11-23-17-5-3-4-15(18)12-17)13-14-6-8-16(9-7-14)19(21)22/h3-9,12H,10-11,13H2,1-2H3/q+1. The summed E-state index contributed by atoms with van der Waals surface area (Å²) in [7, 11) is 4.20. The van der Waals surface area contributed by atoms with E-state index in [1.54, 1.807) is 18.2 Å². The number of nitro groups is 1. The number of nitro benzene ring substituents is 1. The normalized spacial score (nSPS) is 11.3. The number of nitrogens with zero attached hydrogens (tertiary/aromatic N) is 2. The third-order valence-electron chi connectivity index (χ3n) is 3.52. The number of ether oxygens (including phenoxy) is 1. The molecule has 2 aromatic carbocycles. The molecule has 0 aliphatic carbocycles. The van der Waals surface area contributed by atoms with Gasteiger partial charge in [-0.05, 0) is 30.3 Å². The van der Waals surface area contributed by atoms with Gasteiger partial charge in [-0.15, -0.1) is 0 Å². The summed E-state index contributed by atoms with van der Waals surface area (Å²) in [5.74, 6) is 0.757. The largest absolute Gasteiger partial charge is 0.488 e. The Morgan fingerprint density at radius 2 is 1.87 bits per heavy atom. The van der Waals surface area contributed by atoms with E-state index in [-0.39, 0.29) is 10.6 Å². The lowest BCUT2D eigenvalue weighted by Gasteiger charge is -2.29. The van der Waals surface area contributed by atoms with Crippen LogP contribution in [-0.4, -0.2) is 36.7 Å². The van der Waals surface area contributed by atoms with E-state index in [4.69, 9.17) is 16.3 Å². The molecule has 0 saturated heterocycles. The molecule has 0 spiro atoms. The second-order valence-electron chi connectivity index (χ2n) is 6.05. The highest BCUT2D eigenvalue weighted by molar-refractivity contribution is 6.30.